The molecule has 2 fully saturated rings. The molecular formula is C16H21N3O2. The summed E-state index contributed by atoms with van der Waals surface area (Å²) >= 11 is 0. The lowest BCUT2D eigenvalue weighted by Crippen LogP contribution is -2.50. The van der Waals surface area contributed by atoms with Crippen LogP contribution in [0.1, 0.15) is 24.0 Å². The number of hydrogen-bond acceptors (Lipinski definition) is 3. The average Bonchev–Trinajstić information content (AvgIpc) is 2.82. The highest BCUT2D eigenvalue weighted by Crippen LogP contribution is 2.14. The number of amides is 2. The van der Waals surface area contributed by atoms with Gasteiger partial charge in [-0.25, -0.2) is 0 Å². The van der Waals surface area contributed by atoms with Crippen LogP contribution < -0.4 is 10.6 Å². The summed E-state index contributed by atoms with van der Waals surface area (Å²) in [6.07, 6.45) is 1.65. The molecule has 2 saturated heterocycles. The predicted octanol–water partition coefficient (Wildman–Crippen LogP) is 0.645. The molecule has 2 N–H and O–H groups in total. The van der Waals surface area contributed by atoms with Gasteiger partial charge in [0.05, 0.1) is 5.92 Å². The fourth-order valence-corrected chi connectivity index (χ4v) is 2.66. The second kappa shape index (κ2) is 6.26. The second-order valence-electron chi connectivity index (χ2n) is 5.81. The Hall–Kier alpha value is -1.88. The molecule has 0 unspecified atom stereocenters. The van der Waals surface area contributed by atoms with Gasteiger partial charge in [-0.15, -0.1) is 0 Å². The Bertz CT molecular complexity index is 523. The number of nitrogens with one attached hydrogen (secondary N) is 2. The van der Waals surface area contributed by atoms with E-state index in [0.29, 0.717) is 19.5 Å². The van der Waals surface area contributed by atoms with Crippen molar-refractivity contribution in [1.29, 1.82) is 0 Å². The van der Waals surface area contributed by atoms with Gasteiger partial charge in [-0.05, 0) is 17.5 Å². The van der Waals surface area contributed by atoms with Crippen LogP contribution in [0.15, 0.2) is 24.3 Å². The third-order valence-corrected chi connectivity index (χ3v) is 4.19. The molecule has 0 saturated carbocycles. The van der Waals surface area contributed by atoms with E-state index in [1.165, 1.54) is 0 Å². The Morgan fingerprint density at radius 3 is 2.52 bits per heavy atom. The molecule has 0 spiro atoms. The van der Waals surface area contributed by atoms with Crippen molar-refractivity contribution in [3.8, 4) is 0 Å². The standard InChI is InChI=1S/C16H21N3O2/c20-15-2-1-7-19(15)11-13-5-3-12(4-6-13)8-18-16(21)14-9-17-10-14/h3-6,14,17H,1-2,7-11H2,(H,18,21). The lowest BCUT2D eigenvalue weighted by molar-refractivity contribution is -0.128. The summed E-state index contributed by atoms with van der Waals surface area (Å²) in [5, 5.41) is 6.05. The molecule has 0 aliphatic carbocycles. The number of rotatable bonds is 5. The molecule has 2 aliphatic rings. The Balaban J connectivity index is 1.49. The molecule has 112 valence electrons. The summed E-state index contributed by atoms with van der Waals surface area (Å²) in [5.74, 6) is 0.506. The van der Waals surface area contributed by atoms with Gasteiger partial charge in [-0.1, -0.05) is 24.3 Å². The third-order valence-electron chi connectivity index (χ3n) is 4.19. The van der Waals surface area contributed by atoms with Crippen molar-refractivity contribution in [2.75, 3.05) is 19.6 Å². The van der Waals surface area contributed by atoms with Crippen LogP contribution in [0.2, 0.25) is 0 Å². The van der Waals surface area contributed by atoms with Gasteiger partial charge in [-0.3, -0.25) is 9.59 Å². The van der Waals surface area contributed by atoms with Crippen LogP contribution in [-0.2, 0) is 22.7 Å². The molecule has 1 aromatic carbocycles. The number of hydrogen-bond donors (Lipinski definition) is 2. The van der Waals surface area contributed by atoms with E-state index < -0.39 is 0 Å². The summed E-state index contributed by atoms with van der Waals surface area (Å²) in [6.45, 7) is 3.70. The minimum Gasteiger partial charge on any atom is -0.352 e. The third kappa shape index (κ3) is 3.42. The molecule has 2 heterocycles. The van der Waals surface area contributed by atoms with Gasteiger partial charge in [-0.2, -0.15) is 0 Å². The first-order valence-corrected chi connectivity index (χ1v) is 7.56. The van der Waals surface area contributed by atoms with E-state index in [1.54, 1.807) is 0 Å². The van der Waals surface area contributed by atoms with Gasteiger partial charge >= 0.3 is 0 Å². The molecular weight excluding hydrogens is 266 g/mol. The molecule has 1 aromatic rings. The van der Waals surface area contributed by atoms with E-state index in [2.05, 4.69) is 10.6 Å². The first-order valence-electron chi connectivity index (χ1n) is 7.56. The van der Waals surface area contributed by atoms with Gasteiger partial charge in [0, 0.05) is 39.1 Å². The topological polar surface area (TPSA) is 61.4 Å². The van der Waals surface area contributed by atoms with Crippen molar-refractivity contribution >= 4 is 11.8 Å². The van der Waals surface area contributed by atoms with Crippen molar-refractivity contribution in [2.45, 2.75) is 25.9 Å². The zero-order valence-corrected chi connectivity index (χ0v) is 12.1. The summed E-state index contributed by atoms with van der Waals surface area (Å²) in [7, 11) is 0. The molecule has 3 rings (SSSR count). The van der Waals surface area contributed by atoms with E-state index in [-0.39, 0.29) is 17.7 Å². The highest BCUT2D eigenvalue weighted by molar-refractivity contribution is 5.80. The van der Waals surface area contributed by atoms with Crippen LogP contribution in [0.5, 0.6) is 0 Å². The van der Waals surface area contributed by atoms with Gasteiger partial charge in [0.1, 0.15) is 0 Å². The van der Waals surface area contributed by atoms with Crippen LogP contribution in [0.3, 0.4) is 0 Å². The predicted molar refractivity (Wildman–Crippen MR) is 79.3 cm³/mol. The van der Waals surface area contributed by atoms with Crippen LogP contribution in [0, 0.1) is 5.92 Å². The number of nitrogens with zero attached hydrogens (tertiary/aromatic N) is 1. The highest BCUT2D eigenvalue weighted by atomic mass is 16.2. The molecule has 2 amide bonds. The molecule has 21 heavy (non-hydrogen) atoms. The maximum atomic E-state index is 11.7. The first-order chi connectivity index (χ1) is 10.2. The summed E-state index contributed by atoms with van der Waals surface area (Å²) in [6, 6.07) is 8.13. The van der Waals surface area contributed by atoms with Crippen molar-refractivity contribution in [1.82, 2.24) is 15.5 Å². The van der Waals surface area contributed by atoms with Crippen LogP contribution in [-0.4, -0.2) is 36.3 Å². The first kappa shape index (κ1) is 14.1. The van der Waals surface area contributed by atoms with Crippen molar-refractivity contribution in [2.24, 2.45) is 5.92 Å². The van der Waals surface area contributed by atoms with Gasteiger partial charge in [0.2, 0.25) is 11.8 Å². The van der Waals surface area contributed by atoms with Gasteiger partial charge < -0.3 is 15.5 Å². The molecule has 2 aliphatic heterocycles. The van der Waals surface area contributed by atoms with Gasteiger partial charge in [0.25, 0.3) is 0 Å². The minimum atomic E-state index is 0.125. The monoisotopic (exact) mass is 287 g/mol. The highest BCUT2D eigenvalue weighted by Gasteiger charge is 2.24. The Labute approximate surface area is 124 Å². The van der Waals surface area contributed by atoms with Crippen LogP contribution >= 0.6 is 0 Å². The summed E-state index contributed by atoms with van der Waals surface area (Å²) < 4.78 is 0. The maximum absolute atomic E-state index is 11.7. The van der Waals surface area contributed by atoms with Crippen molar-refractivity contribution in [3.63, 3.8) is 0 Å². The van der Waals surface area contributed by atoms with Crippen molar-refractivity contribution < 1.29 is 9.59 Å². The largest absolute Gasteiger partial charge is 0.352 e. The quantitative estimate of drug-likeness (QED) is 0.835. The Morgan fingerprint density at radius 2 is 1.95 bits per heavy atom. The zero-order valence-electron chi connectivity index (χ0n) is 12.1. The number of likely N-dealkylation sites (tertiary alicyclic amines) is 1. The van der Waals surface area contributed by atoms with Crippen LogP contribution in [0.25, 0.3) is 0 Å². The van der Waals surface area contributed by atoms with E-state index in [9.17, 15) is 9.59 Å². The molecule has 5 nitrogen and oxygen atoms in total. The average molecular weight is 287 g/mol. The summed E-state index contributed by atoms with van der Waals surface area (Å²) in [5.41, 5.74) is 2.23. The SMILES string of the molecule is O=C(NCc1ccc(CN2CCCC2=O)cc1)C1CNC1. The van der Waals surface area contributed by atoms with Crippen LogP contribution in [0.4, 0.5) is 0 Å². The Kier molecular flexibility index (Phi) is 4.20. The Morgan fingerprint density at radius 1 is 1.24 bits per heavy atom. The normalized spacial score (nSPS) is 18.7. The van der Waals surface area contributed by atoms with Gasteiger partial charge in [0.15, 0.2) is 0 Å². The number of carbonyl (C=O) groups is 2. The number of carbonyl (C=O) groups excluding carboxylic acids is 2. The van der Waals surface area contributed by atoms with E-state index in [0.717, 1.165) is 37.2 Å². The fourth-order valence-electron chi connectivity index (χ4n) is 2.66. The zero-order chi connectivity index (χ0) is 14.7. The fraction of sp³-hybridized carbons (Fsp3) is 0.500. The van der Waals surface area contributed by atoms with E-state index >= 15 is 0 Å². The number of benzene rings is 1. The smallest absolute Gasteiger partial charge is 0.225 e. The van der Waals surface area contributed by atoms with Crippen molar-refractivity contribution in [3.05, 3.63) is 35.4 Å². The molecule has 0 bridgehead atoms. The molecule has 0 aromatic heterocycles. The summed E-state index contributed by atoms with van der Waals surface area (Å²) in [4.78, 5) is 25.2. The molecule has 0 atom stereocenters. The second-order valence-corrected chi connectivity index (χ2v) is 5.81. The molecule has 5 heteroatoms. The minimum absolute atomic E-state index is 0.125. The molecule has 0 radical (unpaired) electrons. The van der Waals surface area contributed by atoms with E-state index in [1.807, 2.05) is 29.2 Å². The van der Waals surface area contributed by atoms with E-state index in [4.69, 9.17) is 0 Å². The lowest BCUT2D eigenvalue weighted by Gasteiger charge is -2.25. The lowest BCUT2D eigenvalue weighted by atomic mass is 10.0. The maximum Gasteiger partial charge on any atom is 0.225 e.